The standard InChI is InChI=1S/C29H28ClFN6O3/c1-5-24(39)35-13-14-36(17(2)16-35)27-18-15-19(30)26(25-20(31)9-8-12-23(25)38)32-28(18)37(29(40)33-27)22-11-7-6-10-21(22)34(3)4/h5-12,15,17,38H,1,13-14,16H2,2-4H3/t17-/m0/s1. The molecule has 1 saturated heterocycles. The number of halogens is 2. The second-order valence-corrected chi connectivity index (χ2v) is 10.2. The van der Waals surface area contributed by atoms with Gasteiger partial charge < -0.3 is 19.8 Å². The molecule has 1 atom stereocenters. The topological polar surface area (TPSA) is 94.8 Å². The number of carbonyl (C=O) groups is 1. The highest BCUT2D eigenvalue weighted by atomic mass is 35.5. The van der Waals surface area contributed by atoms with Crippen LogP contribution in [0.3, 0.4) is 0 Å². The van der Waals surface area contributed by atoms with Crippen molar-refractivity contribution < 1.29 is 14.3 Å². The van der Waals surface area contributed by atoms with Gasteiger partial charge in [-0.15, -0.1) is 0 Å². The van der Waals surface area contributed by atoms with Crippen molar-refractivity contribution in [2.24, 2.45) is 0 Å². The molecule has 5 rings (SSSR count). The largest absolute Gasteiger partial charge is 0.507 e. The number of anilines is 2. The Morgan fingerprint density at radius 3 is 2.60 bits per heavy atom. The minimum Gasteiger partial charge on any atom is -0.507 e. The van der Waals surface area contributed by atoms with Crippen LogP contribution in [-0.2, 0) is 4.79 Å². The fourth-order valence-electron chi connectivity index (χ4n) is 5.10. The summed E-state index contributed by atoms with van der Waals surface area (Å²) in [6, 6.07) is 12.6. The van der Waals surface area contributed by atoms with Gasteiger partial charge in [0.2, 0.25) is 5.91 Å². The van der Waals surface area contributed by atoms with Crippen molar-refractivity contribution in [2.75, 3.05) is 43.5 Å². The van der Waals surface area contributed by atoms with Gasteiger partial charge in [-0.2, -0.15) is 4.98 Å². The Kier molecular flexibility index (Phi) is 7.20. The monoisotopic (exact) mass is 562 g/mol. The van der Waals surface area contributed by atoms with E-state index in [2.05, 4.69) is 11.6 Å². The first-order valence-corrected chi connectivity index (χ1v) is 13.1. The lowest BCUT2D eigenvalue weighted by molar-refractivity contribution is -0.126. The molecule has 1 aliphatic heterocycles. The second-order valence-electron chi connectivity index (χ2n) is 9.79. The smallest absolute Gasteiger partial charge is 0.355 e. The van der Waals surface area contributed by atoms with E-state index in [1.165, 1.54) is 28.8 Å². The van der Waals surface area contributed by atoms with Gasteiger partial charge in [0.05, 0.1) is 33.0 Å². The van der Waals surface area contributed by atoms with Crippen LogP contribution in [0.5, 0.6) is 5.75 Å². The first kappa shape index (κ1) is 27.1. The van der Waals surface area contributed by atoms with Crippen LogP contribution >= 0.6 is 11.6 Å². The van der Waals surface area contributed by atoms with Gasteiger partial charge in [0.1, 0.15) is 17.4 Å². The molecule has 1 N–H and O–H groups in total. The summed E-state index contributed by atoms with van der Waals surface area (Å²) in [6.45, 7) is 6.73. The molecule has 1 fully saturated rings. The number of carbonyl (C=O) groups excluding carboxylic acids is 1. The molecule has 2 aromatic heterocycles. The first-order chi connectivity index (χ1) is 19.1. The van der Waals surface area contributed by atoms with E-state index >= 15 is 0 Å². The molecule has 11 heteroatoms. The molecule has 0 unspecified atom stereocenters. The second kappa shape index (κ2) is 10.6. The Hall–Kier alpha value is -4.44. The maximum atomic E-state index is 14.9. The molecular weight excluding hydrogens is 535 g/mol. The lowest BCUT2D eigenvalue weighted by atomic mass is 10.1. The van der Waals surface area contributed by atoms with Crippen molar-refractivity contribution in [1.29, 1.82) is 0 Å². The average molecular weight is 563 g/mol. The highest BCUT2D eigenvalue weighted by Crippen LogP contribution is 2.39. The van der Waals surface area contributed by atoms with Crippen LogP contribution in [0.1, 0.15) is 6.92 Å². The van der Waals surface area contributed by atoms with Gasteiger partial charge in [0, 0.05) is 39.8 Å². The van der Waals surface area contributed by atoms with Crippen LogP contribution in [0.4, 0.5) is 15.9 Å². The molecule has 1 aliphatic rings. The van der Waals surface area contributed by atoms with Crippen molar-refractivity contribution >= 4 is 40.0 Å². The molecule has 206 valence electrons. The Morgan fingerprint density at radius 2 is 1.93 bits per heavy atom. The molecule has 4 aromatic rings. The minimum atomic E-state index is -0.706. The Morgan fingerprint density at radius 1 is 1.18 bits per heavy atom. The normalized spacial score (nSPS) is 15.4. The van der Waals surface area contributed by atoms with E-state index < -0.39 is 11.5 Å². The molecular formula is C29H28ClFN6O3. The third-order valence-corrected chi connectivity index (χ3v) is 7.31. The van der Waals surface area contributed by atoms with Crippen molar-refractivity contribution in [3.63, 3.8) is 0 Å². The molecule has 1 amide bonds. The van der Waals surface area contributed by atoms with Crippen molar-refractivity contribution in [1.82, 2.24) is 19.4 Å². The average Bonchev–Trinajstić information content (AvgIpc) is 2.92. The van der Waals surface area contributed by atoms with Crippen molar-refractivity contribution in [3.8, 4) is 22.7 Å². The van der Waals surface area contributed by atoms with Crippen LogP contribution in [-0.4, -0.2) is 70.2 Å². The van der Waals surface area contributed by atoms with E-state index in [9.17, 15) is 19.1 Å². The van der Waals surface area contributed by atoms with Crippen LogP contribution in [0.15, 0.2) is 66.0 Å². The molecule has 0 radical (unpaired) electrons. The highest BCUT2D eigenvalue weighted by Gasteiger charge is 2.30. The number of amides is 1. The first-order valence-electron chi connectivity index (χ1n) is 12.7. The maximum absolute atomic E-state index is 14.9. The Balaban J connectivity index is 1.80. The number of nitrogens with zero attached hydrogens (tertiary/aromatic N) is 6. The maximum Gasteiger partial charge on any atom is 0.355 e. The quantitative estimate of drug-likeness (QED) is 0.364. The minimum absolute atomic E-state index is 0.00755. The number of fused-ring (bicyclic) bond motifs is 1. The zero-order valence-corrected chi connectivity index (χ0v) is 23.1. The van der Waals surface area contributed by atoms with Crippen LogP contribution < -0.4 is 15.5 Å². The summed E-state index contributed by atoms with van der Waals surface area (Å²) in [5.74, 6) is -0.848. The molecule has 0 bridgehead atoms. The molecule has 3 heterocycles. The number of aromatic hydroxyl groups is 1. The third kappa shape index (κ3) is 4.64. The lowest BCUT2D eigenvalue weighted by Crippen LogP contribution is -2.54. The number of para-hydroxylation sites is 2. The Bertz CT molecular complexity index is 1690. The molecule has 9 nitrogen and oxygen atoms in total. The predicted octanol–water partition coefficient (Wildman–Crippen LogP) is 4.23. The zero-order valence-electron chi connectivity index (χ0n) is 22.3. The van der Waals surface area contributed by atoms with Crippen LogP contribution in [0, 0.1) is 5.82 Å². The van der Waals surface area contributed by atoms with Crippen LogP contribution in [0.25, 0.3) is 28.0 Å². The predicted molar refractivity (Wildman–Crippen MR) is 155 cm³/mol. The van der Waals surface area contributed by atoms with Gasteiger partial charge in [-0.3, -0.25) is 4.79 Å². The summed E-state index contributed by atoms with van der Waals surface area (Å²) < 4.78 is 16.3. The number of phenols is 1. The van der Waals surface area contributed by atoms with Gasteiger partial charge in [-0.05, 0) is 43.3 Å². The summed E-state index contributed by atoms with van der Waals surface area (Å²) in [7, 11) is 3.71. The van der Waals surface area contributed by atoms with Gasteiger partial charge in [-0.1, -0.05) is 36.4 Å². The van der Waals surface area contributed by atoms with E-state index in [0.29, 0.717) is 36.5 Å². The van der Waals surface area contributed by atoms with Gasteiger partial charge >= 0.3 is 5.69 Å². The number of rotatable bonds is 5. The summed E-state index contributed by atoms with van der Waals surface area (Å²) >= 11 is 6.69. The molecule has 0 saturated carbocycles. The number of pyridine rings is 1. The van der Waals surface area contributed by atoms with Gasteiger partial charge in [0.25, 0.3) is 0 Å². The van der Waals surface area contributed by atoms with Crippen molar-refractivity contribution in [2.45, 2.75) is 13.0 Å². The fraction of sp³-hybridized carbons (Fsp3) is 0.241. The molecule has 0 aliphatic carbocycles. The number of aromatic nitrogens is 3. The number of hydrogen-bond acceptors (Lipinski definition) is 7. The summed E-state index contributed by atoms with van der Waals surface area (Å²) in [6.07, 6.45) is 1.28. The van der Waals surface area contributed by atoms with Crippen molar-refractivity contribution in [3.05, 3.63) is 82.5 Å². The fourth-order valence-corrected chi connectivity index (χ4v) is 5.34. The molecule has 40 heavy (non-hydrogen) atoms. The SMILES string of the molecule is C=CC(=O)N1CCN(c2nc(=O)n(-c3ccccc3N(C)C)c3nc(-c4c(O)cccc4F)c(Cl)cc23)[C@@H](C)C1. The zero-order chi connectivity index (χ0) is 28.7. The number of phenolic OH excluding ortho intramolecular Hbond substituents is 1. The number of hydrogen-bond donors (Lipinski definition) is 1. The van der Waals surface area contributed by atoms with E-state index in [0.717, 1.165) is 5.69 Å². The Labute approximate surface area is 235 Å². The number of piperazine rings is 1. The summed E-state index contributed by atoms with van der Waals surface area (Å²) in [5, 5.41) is 11.1. The third-order valence-electron chi connectivity index (χ3n) is 7.02. The van der Waals surface area contributed by atoms with E-state index in [1.54, 1.807) is 23.1 Å². The van der Waals surface area contributed by atoms with E-state index in [1.807, 2.05) is 43.0 Å². The highest BCUT2D eigenvalue weighted by molar-refractivity contribution is 6.34. The molecule has 2 aromatic carbocycles. The van der Waals surface area contributed by atoms with Gasteiger partial charge in [-0.25, -0.2) is 18.7 Å². The molecule has 0 spiro atoms. The van der Waals surface area contributed by atoms with E-state index in [-0.39, 0.29) is 39.6 Å². The summed E-state index contributed by atoms with van der Waals surface area (Å²) in [4.78, 5) is 40.7. The lowest BCUT2D eigenvalue weighted by Gasteiger charge is -2.40. The van der Waals surface area contributed by atoms with Crippen LogP contribution in [0.2, 0.25) is 5.02 Å². The summed E-state index contributed by atoms with van der Waals surface area (Å²) in [5.41, 5.74) is 0.687. The van der Waals surface area contributed by atoms with Gasteiger partial charge in [0.15, 0.2) is 5.65 Å². The number of benzene rings is 2. The van der Waals surface area contributed by atoms with E-state index in [4.69, 9.17) is 16.6 Å².